The van der Waals surface area contributed by atoms with E-state index in [1.807, 2.05) is 49.3 Å². The van der Waals surface area contributed by atoms with Gasteiger partial charge in [-0.3, -0.25) is 9.78 Å². The first-order valence-electron chi connectivity index (χ1n) is 7.48. The smallest absolute Gasteiger partial charge is 0.253 e. The van der Waals surface area contributed by atoms with Gasteiger partial charge in [0.15, 0.2) is 5.82 Å². The molecule has 0 unspecified atom stereocenters. The highest BCUT2D eigenvalue weighted by Crippen LogP contribution is 2.21. The maximum atomic E-state index is 12.4. The number of carbonyl (C=O) groups excluding carboxylic acids is 1. The average molecular weight is 382 g/mol. The lowest BCUT2D eigenvalue weighted by Crippen LogP contribution is -2.31. The quantitative estimate of drug-likeness (QED) is 0.712. The van der Waals surface area contributed by atoms with Crippen molar-refractivity contribution in [2.75, 3.05) is 27.2 Å². The molecular formula is C17H21Cl2N5O. The summed E-state index contributed by atoms with van der Waals surface area (Å²) in [5.74, 6) is 0.547. The van der Waals surface area contributed by atoms with Gasteiger partial charge in [0, 0.05) is 19.3 Å². The molecule has 0 aliphatic rings. The highest BCUT2D eigenvalue weighted by atomic mass is 35.5. The number of pyridine rings is 1. The number of halogens is 2. The molecule has 3 aromatic rings. The van der Waals surface area contributed by atoms with E-state index < -0.39 is 0 Å². The summed E-state index contributed by atoms with van der Waals surface area (Å²) in [5.41, 5.74) is 2.81. The van der Waals surface area contributed by atoms with Crippen LogP contribution in [0.15, 0.2) is 42.6 Å². The summed E-state index contributed by atoms with van der Waals surface area (Å²) < 4.78 is 0. The molecule has 6 nitrogen and oxygen atoms in total. The normalized spacial score (nSPS) is 10.2. The lowest BCUT2D eigenvalue weighted by atomic mass is 10.1. The summed E-state index contributed by atoms with van der Waals surface area (Å²) in [5, 5.41) is 2.92. The van der Waals surface area contributed by atoms with Gasteiger partial charge in [0.25, 0.3) is 5.91 Å². The van der Waals surface area contributed by atoms with Crippen molar-refractivity contribution < 1.29 is 4.79 Å². The fraction of sp³-hybridized carbons (Fsp3) is 0.235. The Balaban J connectivity index is 0.00000156. The second kappa shape index (κ2) is 9.36. The summed E-state index contributed by atoms with van der Waals surface area (Å²) >= 11 is 0. The minimum Gasteiger partial charge on any atom is -0.351 e. The van der Waals surface area contributed by atoms with Crippen LogP contribution < -0.4 is 5.32 Å². The number of aromatic amines is 1. The van der Waals surface area contributed by atoms with Gasteiger partial charge >= 0.3 is 0 Å². The Kier molecular flexibility index (Phi) is 7.83. The number of likely N-dealkylation sites (N-methyl/N-ethyl adjacent to an activating group) is 1. The van der Waals surface area contributed by atoms with E-state index in [0.29, 0.717) is 23.4 Å². The van der Waals surface area contributed by atoms with Crippen molar-refractivity contribution in [1.29, 1.82) is 0 Å². The average Bonchev–Trinajstić information content (AvgIpc) is 2.99. The van der Waals surface area contributed by atoms with E-state index >= 15 is 0 Å². The van der Waals surface area contributed by atoms with Crippen LogP contribution in [0.3, 0.4) is 0 Å². The van der Waals surface area contributed by atoms with E-state index in [9.17, 15) is 4.79 Å². The topological polar surface area (TPSA) is 73.9 Å². The molecule has 25 heavy (non-hydrogen) atoms. The Bertz CT molecular complexity index is 820. The molecule has 3 rings (SSSR count). The number of carbonyl (C=O) groups is 1. The van der Waals surface area contributed by atoms with Gasteiger partial charge in [0.2, 0.25) is 0 Å². The Morgan fingerprint density at radius 2 is 1.96 bits per heavy atom. The highest BCUT2D eigenvalue weighted by Gasteiger charge is 2.14. The molecule has 0 aliphatic carbocycles. The van der Waals surface area contributed by atoms with E-state index in [2.05, 4.69) is 20.3 Å². The number of rotatable bonds is 5. The Hall–Kier alpha value is -2.15. The minimum atomic E-state index is -0.114. The van der Waals surface area contributed by atoms with Crippen LogP contribution >= 0.6 is 24.8 Å². The van der Waals surface area contributed by atoms with Crippen molar-refractivity contribution in [1.82, 2.24) is 25.2 Å². The SMILES string of the molecule is CN(C)CCNC(=O)c1cccc2[nH]c(-c3ccccn3)nc12.Cl.Cl. The van der Waals surface area contributed by atoms with Crippen LogP contribution in [0.25, 0.3) is 22.6 Å². The molecule has 0 bridgehead atoms. The van der Waals surface area contributed by atoms with Crippen LogP contribution in [0, 0.1) is 0 Å². The fourth-order valence-corrected chi connectivity index (χ4v) is 2.33. The lowest BCUT2D eigenvalue weighted by Gasteiger charge is -2.10. The molecule has 1 amide bonds. The number of benzene rings is 1. The van der Waals surface area contributed by atoms with Gasteiger partial charge in [-0.1, -0.05) is 12.1 Å². The summed E-state index contributed by atoms with van der Waals surface area (Å²) in [6.45, 7) is 1.39. The van der Waals surface area contributed by atoms with E-state index in [-0.39, 0.29) is 30.7 Å². The fourth-order valence-electron chi connectivity index (χ4n) is 2.33. The Morgan fingerprint density at radius 3 is 2.64 bits per heavy atom. The first kappa shape index (κ1) is 20.9. The maximum Gasteiger partial charge on any atom is 0.253 e. The number of hydrogen-bond donors (Lipinski definition) is 2. The second-order valence-corrected chi connectivity index (χ2v) is 5.56. The van der Waals surface area contributed by atoms with Gasteiger partial charge in [-0.05, 0) is 38.4 Å². The van der Waals surface area contributed by atoms with Crippen LogP contribution in [0.4, 0.5) is 0 Å². The van der Waals surface area contributed by atoms with Crippen molar-refractivity contribution in [2.24, 2.45) is 0 Å². The summed E-state index contributed by atoms with van der Waals surface area (Å²) in [4.78, 5) is 26.5. The highest BCUT2D eigenvalue weighted by molar-refractivity contribution is 6.05. The zero-order chi connectivity index (χ0) is 16.2. The van der Waals surface area contributed by atoms with Crippen LogP contribution in [0.2, 0.25) is 0 Å². The molecule has 134 valence electrons. The molecule has 0 saturated heterocycles. The van der Waals surface area contributed by atoms with Crippen LogP contribution in [-0.2, 0) is 0 Å². The number of fused-ring (bicyclic) bond motifs is 1. The number of hydrogen-bond acceptors (Lipinski definition) is 4. The summed E-state index contributed by atoms with van der Waals surface area (Å²) in [6.07, 6.45) is 1.72. The van der Waals surface area contributed by atoms with E-state index in [0.717, 1.165) is 17.8 Å². The minimum absolute atomic E-state index is 0. The molecule has 0 spiro atoms. The Morgan fingerprint density at radius 1 is 1.16 bits per heavy atom. The van der Waals surface area contributed by atoms with E-state index in [1.54, 1.807) is 12.3 Å². The van der Waals surface area contributed by atoms with Crippen molar-refractivity contribution in [3.63, 3.8) is 0 Å². The first-order valence-corrected chi connectivity index (χ1v) is 7.48. The predicted octanol–water partition coefficient (Wildman–Crippen LogP) is 2.76. The van der Waals surface area contributed by atoms with Gasteiger partial charge in [0.05, 0.1) is 11.1 Å². The van der Waals surface area contributed by atoms with E-state index in [1.165, 1.54) is 0 Å². The number of nitrogens with one attached hydrogen (secondary N) is 2. The molecule has 0 radical (unpaired) electrons. The van der Waals surface area contributed by atoms with Crippen molar-refractivity contribution in [2.45, 2.75) is 0 Å². The third-order valence-electron chi connectivity index (χ3n) is 3.51. The molecule has 1 aromatic carbocycles. The van der Waals surface area contributed by atoms with Gasteiger partial charge in [-0.2, -0.15) is 0 Å². The van der Waals surface area contributed by atoms with Crippen LogP contribution in [-0.4, -0.2) is 52.9 Å². The number of para-hydroxylation sites is 1. The maximum absolute atomic E-state index is 12.4. The number of nitrogens with zero attached hydrogens (tertiary/aromatic N) is 3. The van der Waals surface area contributed by atoms with Gasteiger partial charge in [0.1, 0.15) is 11.2 Å². The summed E-state index contributed by atoms with van der Waals surface area (Å²) in [6, 6.07) is 11.2. The van der Waals surface area contributed by atoms with Crippen molar-refractivity contribution in [3.8, 4) is 11.5 Å². The van der Waals surface area contributed by atoms with E-state index in [4.69, 9.17) is 0 Å². The first-order chi connectivity index (χ1) is 11.1. The molecule has 0 atom stereocenters. The van der Waals surface area contributed by atoms with Crippen molar-refractivity contribution in [3.05, 3.63) is 48.2 Å². The standard InChI is InChI=1S/C17H19N5O.2ClH/c1-22(2)11-10-19-17(23)12-6-5-8-13-15(12)21-16(20-13)14-7-3-4-9-18-14;;/h3-9H,10-11H2,1-2H3,(H,19,23)(H,20,21);2*1H. The lowest BCUT2D eigenvalue weighted by molar-refractivity contribution is 0.0952. The monoisotopic (exact) mass is 381 g/mol. The third kappa shape index (κ3) is 4.92. The summed E-state index contributed by atoms with van der Waals surface area (Å²) in [7, 11) is 3.94. The molecule has 0 fully saturated rings. The number of imidazole rings is 1. The number of H-pyrrole nitrogens is 1. The van der Waals surface area contributed by atoms with Gasteiger partial charge in [-0.25, -0.2) is 4.98 Å². The van der Waals surface area contributed by atoms with Crippen LogP contribution in [0.1, 0.15) is 10.4 Å². The number of amides is 1. The number of aromatic nitrogens is 3. The third-order valence-corrected chi connectivity index (χ3v) is 3.51. The Labute approximate surface area is 158 Å². The molecule has 2 aromatic heterocycles. The van der Waals surface area contributed by atoms with Crippen molar-refractivity contribution >= 4 is 41.8 Å². The second-order valence-electron chi connectivity index (χ2n) is 5.56. The predicted molar refractivity (Wildman–Crippen MR) is 105 cm³/mol. The molecule has 2 heterocycles. The zero-order valence-corrected chi connectivity index (χ0v) is 15.7. The molecule has 0 aliphatic heterocycles. The van der Waals surface area contributed by atoms with Gasteiger partial charge in [-0.15, -0.1) is 24.8 Å². The zero-order valence-electron chi connectivity index (χ0n) is 14.0. The molecule has 2 N–H and O–H groups in total. The van der Waals surface area contributed by atoms with Gasteiger partial charge < -0.3 is 15.2 Å². The van der Waals surface area contributed by atoms with Crippen LogP contribution in [0.5, 0.6) is 0 Å². The molecular weight excluding hydrogens is 361 g/mol. The molecule has 0 saturated carbocycles. The largest absolute Gasteiger partial charge is 0.351 e. The molecule has 8 heteroatoms.